The number of hydrogen-bond donors (Lipinski definition) is 1. The van der Waals surface area contributed by atoms with E-state index in [1.807, 2.05) is 42.6 Å². The van der Waals surface area contributed by atoms with E-state index in [1.165, 1.54) is 11.1 Å². The van der Waals surface area contributed by atoms with Gasteiger partial charge >= 0.3 is 0 Å². The van der Waals surface area contributed by atoms with E-state index in [-0.39, 0.29) is 0 Å². The summed E-state index contributed by atoms with van der Waals surface area (Å²) in [6.45, 7) is 0. The van der Waals surface area contributed by atoms with Gasteiger partial charge in [-0.25, -0.2) is 0 Å². The van der Waals surface area contributed by atoms with E-state index in [0.29, 0.717) is 0 Å². The largest absolute Gasteiger partial charge is 0.398 e. The molecule has 0 spiro atoms. The van der Waals surface area contributed by atoms with Crippen LogP contribution in [0.5, 0.6) is 0 Å². The maximum Gasteiger partial charge on any atom is 0.0709 e. The topological polar surface area (TPSA) is 38.4 Å². The summed E-state index contributed by atoms with van der Waals surface area (Å²) in [7, 11) is 0. The van der Waals surface area contributed by atoms with E-state index in [2.05, 4.69) is 59.6 Å². The second kappa shape index (κ2) is 6.62. The van der Waals surface area contributed by atoms with Gasteiger partial charge in [-0.2, -0.15) is 0 Å². The Kier molecular flexibility index (Phi) is 4.01. The van der Waals surface area contributed by atoms with E-state index < -0.39 is 0 Å². The fourth-order valence-corrected chi connectivity index (χ4v) is 2.96. The van der Waals surface area contributed by atoms with Crippen LogP contribution in [0.25, 0.3) is 21.9 Å². The highest BCUT2D eigenvalue weighted by molar-refractivity contribution is 6.01. The molecule has 25 heavy (non-hydrogen) atoms. The molecule has 0 unspecified atom stereocenters. The van der Waals surface area contributed by atoms with Crippen LogP contribution in [0.1, 0.15) is 5.56 Å². The first kappa shape index (κ1) is 15.2. The molecule has 0 aromatic heterocycles. The Hall–Kier alpha value is -3.39. The summed E-state index contributed by atoms with van der Waals surface area (Å²) in [6, 6.07) is 30.7. The first-order valence-electron chi connectivity index (χ1n) is 8.28. The standard InChI is InChI=1S/C23H18N2/c24-22-14-15-23(21-9-5-4-8-20(21)22)25-16-17-10-12-19(13-11-17)18-6-2-1-3-7-18/h1-16H,24H2/b25-16+. The van der Waals surface area contributed by atoms with Crippen LogP contribution in [-0.2, 0) is 0 Å². The van der Waals surface area contributed by atoms with Crippen molar-refractivity contribution in [3.8, 4) is 11.1 Å². The Bertz CT molecular complexity index is 1030. The van der Waals surface area contributed by atoms with Crippen molar-refractivity contribution in [1.29, 1.82) is 0 Å². The fourth-order valence-electron chi connectivity index (χ4n) is 2.96. The van der Waals surface area contributed by atoms with Gasteiger partial charge in [0.25, 0.3) is 0 Å². The summed E-state index contributed by atoms with van der Waals surface area (Å²) in [4.78, 5) is 4.67. The number of aliphatic imine (C=N–C) groups is 1. The van der Waals surface area contributed by atoms with Crippen molar-refractivity contribution in [2.45, 2.75) is 0 Å². The van der Waals surface area contributed by atoms with Crippen LogP contribution >= 0.6 is 0 Å². The molecular weight excluding hydrogens is 304 g/mol. The van der Waals surface area contributed by atoms with Crippen molar-refractivity contribution >= 4 is 28.4 Å². The Morgan fingerprint density at radius 2 is 1.24 bits per heavy atom. The molecule has 0 bridgehead atoms. The Morgan fingerprint density at radius 1 is 0.600 bits per heavy atom. The fraction of sp³-hybridized carbons (Fsp3) is 0. The third-order valence-corrected chi connectivity index (χ3v) is 4.31. The van der Waals surface area contributed by atoms with Gasteiger partial charge in [0.05, 0.1) is 5.69 Å². The number of nitrogens with two attached hydrogens (primary N) is 1. The lowest BCUT2D eigenvalue weighted by molar-refractivity contribution is 1.55. The number of nitrogens with zero attached hydrogens (tertiary/aromatic N) is 1. The van der Waals surface area contributed by atoms with Gasteiger partial charge in [0, 0.05) is 22.7 Å². The first-order valence-corrected chi connectivity index (χ1v) is 8.28. The monoisotopic (exact) mass is 322 g/mol. The molecule has 2 heteroatoms. The van der Waals surface area contributed by atoms with E-state index in [0.717, 1.165) is 27.7 Å². The predicted molar refractivity (Wildman–Crippen MR) is 107 cm³/mol. The molecule has 0 atom stereocenters. The van der Waals surface area contributed by atoms with Crippen LogP contribution in [0.3, 0.4) is 0 Å². The predicted octanol–water partition coefficient (Wildman–Crippen LogP) is 5.84. The molecule has 0 saturated heterocycles. The molecule has 0 fully saturated rings. The summed E-state index contributed by atoms with van der Waals surface area (Å²) >= 11 is 0. The van der Waals surface area contributed by atoms with E-state index in [9.17, 15) is 0 Å². The zero-order valence-electron chi connectivity index (χ0n) is 13.8. The molecule has 0 heterocycles. The van der Waals surface area contributed by atoms with Gasteiger partial charge in [-0.1, -0.05) is 78.9 Å². The molecule has 0 aliphatic rings. The summed E-state index contributed by atoms with van der Waals surface area (Å²) in [5.74, 6) is 0. The number of nitrogen functional groups attached to an aromatic ring is 1. The molecule has 0 amide bonds. The maximum absolute atomic E-state index is 6.05. The van der Waals surface area contributed by atoms with Crippen molar-refractivity contribution < 1.29 is 0 Å². The van der Waals surface area contributed by atoms with E-state index >= 15 is 0 Å². The highest BCUT2D eigenvalue weighted by Crippen LogP contribution is 2.30. The number of anilines is 1. The molecule has 2 nitrogen and oxygen atoms in total. The van der Waals surface area contributed by atoms with Crippen LogP contribution < -0.4 is 5.73 Å². The zero-order chi connectivity index (χ0) is 17.1. The van der Waals surface area contributed by atoms with Crippen molar-refractivity contribution in [2.75, 3.05) is 5.73 Å². The molecule has 2 N–H and O–H groups in total. The minimum Gasteiger partial charge on any atom is -0.398 e. The Morgan fingerprint density at radius 3 is 2.00 bits per heavy atom. The molecule has 4 aromatic carbocycles. The Balaban J connectivity index is 1.64. The normalized spacial score (nSPS) is 11.2. The number of fused-ring (bicyclic) bond motifs is 1. The third-order valence-electron chi connectivity index (χ3n) is 4.31. The van der Waals surface area contributed by atoms with Crippen LogP contribution in [0, 0.1) is 0 Å². The zero-order valence-corrected chi connectivity index (χ0v) is 13.8. The average Bonchev–Trinajstić information content (AvgIpc) is 2.69. The molecule has 4 rings (SSSR count). The van der Waals surface area contributed by atoms with Crippen LogP contribution in [0.2, 0.25) is 0 Å². The van der Waals surface area contributed by atoms with Gasteiger partial charge in [-0.3, -0.25) is 4.99 Å². The molecule has 0 saturated carbocycles. The molecule has 0 aliphatic carbocycles. The maximum atomic E-state index is 6.05. The Labute approximate surface area is 147 Å². The highest BCUT2D eigenvalue weighted by atomic mass is 14.7. The van der Waals surface area contributed by atoms with Gasteiger partial charge in [0.2, 0.25) is 0 Å². The minimum absolute atomic E-state index is 0.779. The van der Waals surface area contributed by atoms with Crippen molar-refractivity contribution in [2.24, 2.45) is 4.99 Å². The summed E-state index contributed by atoms with van der Waals surface area (Å²) in [6.07, 6.45) is 1.90. The summed E-state index contributed by atoms with van der Waals surface area (Å²) in [5, 5.41) is 2.11. The smallest absolute Gasteiger partial charge is 0.0709 e. The first-order chi connectivity index (χ1) is 12.3. The van der Waals surface area contributed by atoms with Crippen LogP contribution in [0.15, 0.2) is 96.0 Å². The van der Waals surface area contributed by atoms with E-state index in [4.69, 9.17) is 5.73 Å². The SMILES string of the molecule is Nc1ccc(/N=C/c2ccc(-c3ccccc3)cc2)c2ccccc12. The molecule has 120 valence electrons. The summed E-state index contributed by atoms with van der Waals surface area (Å²) in [5.41, 5.74) is 11.3. The van der Waals surface area contributed by atoms with Gasteiger partial charge in [-0.05, 0) is 28.8 Å². The van der Waals surface area contributed by atoms with Gasteiger partial charge < -0.3 is 5.73 Å². The average molecular weight is 322 g/mol. The van der Waals surface area contributed by atoms with E-state index in [1.54, 1.807) is 0 Å². The van der Waals surface area contributed by atoms with Crippen molar-refractivity contribution in [3.05, 3.63) is 96.6 Å². The van der Waals surface area contributed by atoms with Gasteiger partial charge in [0.15, 0.2) is 0 Å². The lowest BCUT2D eigenvalue weighted by Gasteiger charge is -2.05. The molecule has 0 aliphatic heterocycles. The van der Waals surface area contributed by atoms with Crippen molar-refractivity contribution in [3.63, 3.8) is 0 Å². The molecule has 4 aromatic rings. The minimum atomic E-state index is 0.779. The number of rotatable bonds is 3. The quantitative estimate of drug-likeness (QED) is 0.373. The van der Waals surface area contributed by atoms with Crippen LogP contribution in [-0.4, -0.2) is 6.21 Å². The number of hydrogen-bond acceptors (Lipinski definition) is 2. The summed E-state index contributed by atoms with van der Waals surface area (Å²) < 4.78 is 0. The van der Waals surface area contributed by atoms with Crippen molar-refractivity contribution in [1.82, 2.24) is 0 Å². The lowest BCUT2D eigenvalue weighted by atomic mass is 10.0. The second-order valence-corrected chi connectivity index (χ2v) is 5.97. The third kappa shape index (κ3) is 3.15. The lowest BCUT2D eigenvalue weighted by Crippen LogP contribution is -1.87. The molecular formula is C23H18N2. The van der Waals surface area contributed by atoms with Crippen LogP contribution in [0.4, 0.5) is 11.4 Å². The highest BCUT2D eigenvalue weighted by Gasteiger charge is 2.02. The molecule has 0 radical (unpaired) electrons. The van der Waals surface area contributed by atoms with Gasteiger partial charge in [-0.15, -0.1) is 0 Å². The number of benzene rings is 4. The van der Waals surface area contributed by atoms with Gasteiger partial charge in [0.1, 0.15) is 0 Å². The second-order valence-electron chi connectivity index (χ2n) is 5.97.